The minimum absolute atomic E-state index is 0. The molecule has 6 heteroatoms. The van der Waals surface area contributed by atoms with Gasteiger partial charge in [-0.05, 0) is 25.5 Å². The standard InChI is InChI=1S/C9H20BF3N.K/c1-4-9(5-2)7-14(6-3)8-10(11,12)13;/h9H,4-8H2,1-3H3;/q-1;+1. The van der Waals surface area contributed by atoms with Crippen molar-refractivity contribution in [3.8, 4) is 0 Å². The van der Waals surface area contributed by atoms with E-state index in [-0.39, 0.29) is 51.4 Å². The van der Waals surface area contributed by atoms with Gasteiger partial charge in [0.05, 0.1) is 0 Å². The normalized spacial score (nSPS) is 12.0. The van der Waals surface area contributed by atoms with Crippen molar-refractivity contribution in [1.82, 2.24) is 4.90 Å². The Kier molecular flexibility index (Phi) is 11.9. The van der Waals surface area contributed by atoms with Gasteiger partial charge in [-0.2, -0.15) is 0 Å². The predicted molar refractivity (Wildman–Crippen MR) is 55.3 cm³/mol. The number of halogens is 3. The van der Waals surface area contributed by atoms with E-state index in [1.807, 2.05) is 13.8 Å². The average Bonchev–Trinajstić information content (AvgIpc) is 2.10. The maximum absolute atomic E-state index is 12.2. The third kappa shape index (κ3) is 10.3. The molecule has 0 aliphatic carbocycles. The Bertz CT molecular complexity index is 151. The second-order valence-electron chi connectivity index (χ2n) is 3.75. The summed E-state index contributed by atoms with van der Waals surface area (Å²) in [6, 6.07) is 0. The summed E-state index contributed by atoms with van der Waals surface area (Å²) in [5.74, 6) is 0.396. The first-order valence-corrected chi connectivity index (χ1v) is 5.36. The predicted octanol–water partition coefficient (Wildman–Crippen LogP) is 0.135. The average molecular weight is 249 g/mol. The van der Waals surface area contributed by atoms with Gasteiger partial charge in [0.25, 0.3) is 0 Å². The fourth-order valence-electron chi connectivity index (χ4n) is 1.54. The molecule has 0 saturated carbocycles. The SMILES string of the molecule is CCC(CC)CN(CC)C[B-](F)(F)F.[K+]. The van der Waals surface area contributed by atoms with Crippen molar-refractivity contribution in [2.45, 2.75) is 33.6 Å². The summed E-state index contributed by atoms with van der Waals surface area (Å²) >= 11 is 0. The maximum atomic E-state index is 12.2. The van der Waals surface area contributed by atoms with Crippen LogP contribution >= 0.6 is 0 Å². The smallest absolute Gasteiger partial charge is 0.448 e. The molecule has 0 bridgehead atoms. The first-order valence-electron chi connectivity index (χ1n) is 5.36. The van der Waals surface area contributed by atoms with Gasteiger partial charge in [0.15, 0.2) is 0 Å². The number of hydrogen-bond donors (Lipinski definition) is 0. The van der Waals surface area contributed by atoms with Gasteiger partial charge >= 0.3 is 58.4 Å². The fraction of sp³-hybridized carbons (Fsp3) is 1.00. The second-order valence-corrected chi connectivity index (χ2v) is 3.75. The van der Waals surface area contributed by atoms with Crippen LogP contribution in [0.4, 0.5) is 12.9 Å². The van der Waals surface area contributed by atoms with Gasteiger partial charge in [-0.3, -0.25) is 0 Å². The van der Waals surface area contributed by atoms with Crippen molar-refractivity contribution in [3.05, 3.63) is 0 Å². The molecular formula is C9H20BF3KN. The topological polar surface area (TPSA) is 3.24 Å². The molecule has 0 radical (unpaired) electrons. The van der Waals surface area contributed by atoms with E-state index in [1.54, 1.807) is 6.92 Å². The minimum atomic E-state index is -4.67. The van der Waals surface area contributed by atoms with Gasteiger partial charge in [-0.15, -0.1) is 0 Å². The molecule has 86 valence electrons. The summed E-state index contributed by atoms with van der Waals surface area (Å²) < 4.78 is 36.5. The molecule has 0 aromatic rings. The zero-order valence-electron chi connectivity index (χ0n) is 10.3. The molecule has 0 amide bonds. The van der Waals surface area contributed by atoms with Crippen LogP contribution in [0.15, 0.2) is 0 Å². The van der Waals surface area contributed by atoms with E-state index in [2.05, 4.69) is 0 Å². The second kappa shape index (κ2) is 9.48. The van der Waals surface area contributed by atoms with Gasteiger partial charge in [0, 0.05) is 0 Å². The van der Waals surface area contributed by atoms with Crippen LogP contribution in [-0.2, 0) is 0 Å². The van der Waals surface area contributed by atoms with Crippen LogP contribution in [-0.4, -0.2) is 31.4 Å². The fourth-order valence-corrected chi connectivity index (χ4v) is 1.54. The van der Waals surface area contributed by atoms with Gasteiger partial charge in [0.1, 0.15) is 0 Å². The molecule has 0 aromatic carbocycles. The zero-order valence-corrected chi connectivity index (χ0v) is 13.4. The Morgan fingerprint density at radius 2 is 1.53 bits per heavy atom. The van der Waals surface area contributed by atoms with Crippen LogP contribution < -0.4 is 51.4 Å². The first-order chi connectivity index (χ1) is 6.42. The summed E-state index contributed by atoms with van der Waals surface area (Å²) in [5.41, 5.74) is 0. The Labute approximate surface area is 134 Å². The largest absolute Gasteiger partial charge is 1.00 e. The summed E-state index contributed by atoms with van der Waals surface area (Å²) in [5, 5.41) is 0. The Morgan fingerprint density at radius 3 is 1.80 bits per heavy atom. The van der Waals surface area contributed by atoms with Crippen molar-refractivity contribution in [3.63, 3.8) is 0 Å². The van der Waals surface area contributed by atoms with Crippen molar-refractivity contribution in [2.75, 3.05) is 19.5 Å². The van der Waals surface area contributed by atoms with Crippen molar-refractivity contribution in [2.24, 2.45) is 5.92 Å². The minimum Gasteiger partial charge on any atom is -0.448 e. The van der Waals surface area contributed by atoms with E-state index < -0.39 is 13.4 Å². The molecule has 15 heavy (non-hydrogen) atoms. The van der Waals surface area contributed by atoms with Crippen molar-refractivity contribution in [1.29, 1.82) is 0 Å². The van der Waals surface area contributed by atoms with Crippen LogP contribution in [0.3, 0.4) is 0 Å². The van der Waals surface area contributed by atoms with Crippen LogP contribution in [0.5, 0.6) is 0 Å². The molecule has 0 N–H and O–H groups in total. The molecule has 0 atom stereocenters. The number of hydrogen-bond acceptors (Lipinski definition) is 1. The van der Waals surface area contributed by atoms with Crippen molar-refractivity contribution < 1.29 is 64.3 Å². The van der Waals surface area contributed by atoms with E-state index in [1.165, 1.54) is 4.90 Å². The molecule has 0 rings (SSSR count). The Hall–Kier alpha value is 1.45. The molecule has 0 heterocycles. The van der Waals surface area contributed by atoms with E-state index in [0.717, 1.165) is 12.8 Å². The third-order valence-corrected chi connectivity index (χ3v) is 2.58. The van der Waals surface area contributed by atoms with E-state index in [4.69, 9.17) is 0 Å². The molecule has 0 unspecified atom stereocenters. The Morgan fingerprint density at radius 1 is 1.07 bits per heavy atom. The summed E-state index contributed by atoms with van der Waals surface area (Å²) in [7, 11) is 0. The van der Waals surface area contributed by atoms with Gasteiger partial charge in [-0.25, -0.2) is 0 Å². The first kappa shape index (κ1) is 18.8. The van der Waals surface area contributed by atoms with Gasteiger partial charge in [-0.1, -0.05) is 33.6 Å². The van der Waals surface area contributed by atoms with Crippen LogP contribution in [0.25, 0.3) is 0 Å². The number of nitrogens with zero attached hydrogens (tertiary/aromatic N) is 1. The van der Waals surface area contributed by atoms with E-state index in [0.29, 0.717) is 19.0 Å². The van der Waals surface area contributed by atoms with Crippen LogP contribution in [0.1, 0.15) is 33.6 Å². The molecule has 1 nitrogen and oxygen atoms in total. The van der Waals surface area contributed by atoms with Gasteiger partial charge in [0.2, 0.25) is 0 Å². The zero-order chi connectivity index (χ0) is 11.2. The molecule has 0 aromatic heterocycles. The number of rotatable bonds is 7. The summed E-state index contributed by atoms with van der Waals surface area (Å²) in [4.78, 5) is 1.50. The third-order valence-electron chi connectivity index (χ3n) is 2.58. The monoisotopic (exact) mass is 249 g/mol. The maximum Gasteiger partial charge on any atom is 1.00 e. The molecular weight excluding hydrogens is 229 g/mol. The van der Waals surface area contributed by atoms with Crippen molar-refractivity contribution >= 4 is 6.98 Å². The van der Waals surface area contributed by atoms with Crippen LogP contribution in [0.2, 0.25) is 0 Å². The van der Waals surface area contributed by atoms with E-state index in [9.17, 15) is 12.9 Å². The van der Waals surface area contributed by atoms with Gasteiger partial charge < -0.3 is 17.8 Å². The summed E-state index contributed by atoms with van der Waals surface area (Å²) in [6.07, 6.45) is 1.20. The Balaban J connectivity index is 0. The van der Waals surface area contributed by atoms with Crippen LogP contribution in [0, 0.1) is 5.92 Å². The molecule has 0 aliphatic heterocycles. The molecule has 0 fully saturated rings. The molecule has 0 aliphatic rings. The van der Waals surface area contributed by atoms with E-state index >= 15 is 0 Å². The molecule has 0 saturated heterocycles. The molecule has 0 spiro atoms. The summed E-state index contributed by atoms with van der Waals surface area (Å²) in [6.45, 7) is 2.23. The quantitative estimate of drug-likeness (QED) is 0.580.